The third-order valence-electron chi connectivity index (χ3n) is 7.21. The molecule has 5 rings (SSSR count). The van der Waals surface area contributed by atoms with Crippen molar-refractivity contribution in [3.05, 3.63) is 83.4 Å². The molecule has 6 nitrogen and oxygen atoms in total. The van der Waals surface area contributed by atoms with Crippen LogP contribution >= 0.6 is 11.8 Å². The van der Waals surface area contributed by atoms with Gasteiger partial charge in [0.15, 0.2) is 0 Å². The van der Waals surface area contributed by atoms with Gasteiger partial charge in [0.25, 0.3) is 0 Å². The zero-order valence-electron chi connectivity index (χ0n) is 22.3. The molecule has 1 unspecified atom stereocenters. The SMILES string of the molecule is COC(=O)CC1c2cccc(F)c2N=C(N2CCN(c3cccc(F)c3)CC2)N1c1cc(C(F)(F)F)ccc1SC. The van der Waals surface area contributed by atoms with Crippen LogP contribution in [0.2, 0.25) is 0 Å². The van der Waals surface area contributed by atoms with Crippen molar-refractivity contribution in [1.29, 1.82) is 0 Å². The molecular formula is C29H27F5N4O2S. The van der Waals surface area contributed by atoms with Crippen LogP contribution in [0.1, 0.15) is 23.6 Å². The number of hydrogen-bond acceptors (Lipinski definition) is 7. The van der Waals surface area contributed by atoms with Crippen LogP contribution in [0, 0.1) is 11.6 Å². The Hall–Kier alpha value is -3.80. The number of carbonyl (C=O) groups excluding carboxylic acids is 1. The van der Waals surface area contributed by atoms with E-state index in [9.17, 15) is 22.4 Å². The molecular weight excluding hydrogens is 563 g/mol. The van der Waals surface area contributed by atoms with Gasteiger partial charge in [-0.25, -0.2) is 13.8 Å². The number of fused-ring (bicyclic) bond motifs is 1. The first kappa shape index (κ1) is 28.7. The van der Waals surface area contributed by atoms with Crippen LogP contribution < -0.4 is 9.80 Å². The fourth-order valence-electron chi connectivity index (χ4n) is 5.18. The average Bonchev–Trinajstić information content (AvgIpc) is 2.96. The molecule has 0 aliphatic carbocycles. The zero-order valence-corrected chi connectivity index (χ0v) is 23.1. The number of guanidine groups is 1. The molecule has 216 valence electrons. The molecule has 3 aromatic carbocycles. The van der Waals surface area contributed by atoms with Crippen molar-refractivity contribution in [1.82, 2.24) is 4.90 Å². The van der Waals surface area contributed by atoms with E-state index in [0.717, 1.165) is 12.1 Å². The molecule has 1 fully saturated rings. The highest BCUT2D eigenvalue weighted by atomic mass is 32.2. The molecule has 0 bridgehead atoms. The summed E-state index contributed by atoms with van der Waals surface area (Å²) in [5.74, 6) is -1.35. The Morgan fingerprint density at radius 3 is 2.37 bits per heavy atom. The maximum atomic E-state index is 15.2. The number of nitrogens with zero attached hydrogens (tertiary/aromatic N) is 4. The number of ether oxygens (including phenoxy) is 1. The number of anilines is 2. The molecule has 1 atom stereocenters. The highest BCUT2D eigenvalue weighted by molar-refractivity contribution is 7.98. The van der Waals surface area contributed by atoms with Crippen LogP contribution in [0.4, 0.5) is 39.0 Å². The topological polar surface area (TPSA) is 48.4 Å². The van der Waals surface area contributed by atoms with E-state index < -0.39 is 29.6 Å². The second-order valence-corrected chi connectivity index (χ2v) is 10.4. The van der Waals surface area contributed by atoms with Gasteiger partial charge in [0.05, 0.1) is 30.8 Å². The van der Waals surface area contributed by atoms with E-state index in [4.69, 9.17) is 4.74 Å². The second-order valence-electron chi connectivity index (χ2n) is 9.59. The number of esters is 1. The monoisotopic (exact) mass is 590 g/mol. The minimum absolute atomic E-state index is 0.0258. The molecule has 1 saturated heterocycles. The molecule has 2 heterocycles. The lowest BCUT2D eigenvalue weighted by molar-refractivity contribution is -0.141. The highest BCUT2D eigenvalue weighted by Gasteiger charge is 2.40. The smallest absolute Gasteiger partial charge is 0.416 e. The minimum Gasteiger partial charge on any atom is -0.469 e. The number of benzene rings is 3. The van der Waals surface area contributed by atoms with Gasteiger partial charge in [-0.1, -0.05) is 18.2 Å². The Morgan fingerprint density at radius 2 is 1.71 bits per heavy atom. The van der Waals surface area contributed by atoms with Gasteiger partial charge in [-0.3, -0.25) is 4.79 Å². The van der Waals surface area contributed by atoms with E-state index in [1.807, 2.05) is 9.80 Å². The third kappa shape index (κ3) is 5.83. The van der Waals surface area contributed by atoms with Crippen LogP contribution in [0.15, 0.2) is 70.6 Å². The Labute approximate surface area is 238 Å². The van der Waals surface area contributed by atoms with E-state index in [1.165, 1.54) is 49.2 Å². The summed E-state index contributed by atoms with van der Waals surface area (Å²) in [6, 6.07) is 13.1. The van der Waals surface area contributed by atoms with Crippen LogP contribution in [-0.2, 0) is 15.7 Å². The number of methoxy groups -OCH3 is 1. The predicted octanol–water partition coefficient (Wildman–Crippen LogP) is 6.64. The van der Waals surface area contributed by atoms with Crippen molar-refractivity contribution in [2.24, 2.45) is 4.99 Å². The lowest BCUT2D eigenvalue weighted by atomic mass is 9.97. The summed E-state index contributed by atoms with van der Waals surface area (Å²) in [7, 11) is 1.22. The van der Waals surface area contributed by atoms with Gasteiger partial charge < -0.3 is 19.4 Å². The highest BCUT2D eigenvalue weighted by Crippen LogP contribution is 2.46. The first-order valence-corrected chi connectivity index (χ1v) is 14.1. The van der Waals surface area contributed by atoms with Crippen LogP contribution in [-0.4, -0.2) is 56.4 Å². The number of piperazine rings is 1. The van der Waals surface area contributed by atoms with Crippen molar-refractivity contribution in [3.8, 4) is 0 Å². The maximum absolute atomic E-state index is 15.2. The van der Waals surface area contributed by atoms with Crippen LogP contribution in [0.25, 0.3) is 0 Å². The molecule has 2 aliphatic heterocycles. The average molecular weight is 591 g/mol. The first-order chi connectivity index (χ1) is 19.6. The molecule has 2 aliphatic rings. The maximum Gasteiger partial charge on any atom is 0.416 e. The number of alkyl halides is 3. The second kappa shape index (κ2) is 11.6. The zero-order chi connectivity index (χ0) is 29.3. The number of rotatable bonds is 5. The summed E-state index contributed by atoms with van der Waals surface area (Å²) >= 11 is 1.25. The molecule has 0 N–H and O–H groups in total. The van der Waals surface area contributed by atoms with Gasteiger partial charge in [0.2, 0.25) is 5.96 Å². The quantitative estimate of drug-likeness (QED) is 0.189. The molecule has 3 aromatic rings. The Kier molecular flexibility index (Phi) is 8.12. The molecule has 0 amide bonds. The minimum atomic E-state index is -4.61. The van der Waals surface area contributed by atoms with E-state index in [2.05, 4.69) is 4.99 Å². The number of halogens is 5. The molecule has 12 heteroatoms. The Morgan fingerprint density at radius 1 is 1.00 bits per heavy atom. The molecule has 0 saturated carbocycles. The number of aliphatic imine (C=N–C) groups is 1. The number of thioether (sulfide) groups is 1. The normalized spacial score (nSPS) is 17.3. The standard InChI is InChI=1S/C29H27F5N4O2S/c1-40-26(39)17-23-21-7-4-8-22(31)27(21)35-28(37-13-11-36(12-14-37)20-6-3-5-19(30)16-20)38(23)24-15-18(29(32,33)34)9-10-25(24)41-2/h3-10,15-16,23H,11-14,17H2,1-2H3. The summed E-state index contributed by atoms with van der Waals surface area (Å²) in [6.07, 6.45) is -3.12. The molecule has 0 aromatic heterocycles. The van der Waals surface area contributed by atoms with Gasteiger partial charge in [0.1, 0.15) is 17.3 Å². The van der Waals surface area contributed by atoms with Gasteiger partial charge in [-0.05, 0) is 48.7 Å². The first-order valence-electron chi connectivity index (χ1n) is 12.8. The fourth-order valence-corrected chi connectivity index (χ4v) is 5.75. The molecule has 0 radical (unpaired) electrons. The fraction of sp³-hybridized carbons (Fsp3) is 0.310. The number of para-hydroxylation sites is 1. The van der Waals surface area contributed by atoms with E-state index in [-0.39, 0.29) is 29.6 Å². The van der Waals surface area contributed by atoms with Gasteiger partial charge in [-0.15, -0.1) is 11.8 Å². The van der Waals surface area contributed by atoms with Gasteiger partial charge in [-0.2, -0.15) is 13.2 Å². The van der Waals surface area contributed by atoms with E-state index >= 15 is 4.39 Å². The summed E-state index contributed by atoms with van der Waals surface area (Å²) < 4.78 is 75.6. The van der Waals surface area contributed by atoms with E-state index in [0.29, 0.717) is 42.3 Å². The van der Waals surface area contributed by atoms with Crippen LogP contribution in [0.3, 0.4) is 0 Å². The van der Waals surface area contributed by atoms with Crippen molar-refractivity contribution in [2.75, 3.05) is 49.3 Å². The van der Waals surface area contributed by atoms with Gasteiger partial charge >= 0.3 is 12.1 Å². The lowest BCUT2D eigenvalue weighted by Crippen LogP contribution is -2.55. The lowest BCUT2D eigenvalue weighted by Gasteiger charge is -2.45. The Bertz CT molecular complexity index is 1470. The largest absolute Gasteiger partial charge is 0.469 e. The summed E-state index contributed by atoms with van der Waals surface area (Å²) in [5.41, 5.74) is 0.430. The summed E-state index contributed by atoms with van der Waals surface area (Å²) in [4.78, 5) is 23.3. The molecule has 41 heavy (non-hydrogen) atoms. The number of hydrogen-bond donors (Lipinski definition) is 0. The number of carbonyl (C=O) groups is 1. The summed E-state index contributed by atoms with van der Waals surface area (Å²) in [5, 5.41) is 0. The molecule has 0 spiro atoms. The van der Waals surface area contributed by atoms with Crippen molar-refractivity contribution < 1.29 is 31.5 Å². The Balaban J connectivity index is 1.63. The van der Waals surface area contributed by atoms with Crippen LogP contribution in [0.5, 0.6) is 0 Å². The third-order valence-corrected chi connectivity index (χ3v) is 7.99. The predicted molar refractivity (Wildman–Crippen MR) is 149 cm³/mol. The van der Waals surface area contributed by atoms with Crippen molar-refractivity contribution in [3.63, 3.8) is 0 Å². The van der Waals surface area contributed by atoms with Gasteiger partial charge in [0, 0.05) is 42.3 Å². The van der Waals surface area contributed by atoms with Crippen molar-refractivity contribution in [2.45, 2.75) is 23.5 Å². The van der Waals surface area contributed by atoms with Crippen molar-refractivity contribution >= 4 is 40.8 Å². The van der Waals surface area contributed by atoms with E-state index in [1.54, 1.807) is 29.4 Å². The summed E-state index contributed by atoms with van der Waals surface area (Å²) in [6.45, 7) is 1.66.